The number of aromatic nitrogens is 1. The Morgan fingerprint density at radius 3 is 2.76 bits per heavy atom. The van der Waals surface area contributed by atoms with Gasteiger partial charge in [0, 0.05) is 15.6 Å². The Labute approximate surface area is 113 Å². The zero-order valence-corrected chi connectivity index (χ0v) is 12.0. The van der Waals surface area contributed by atoms with E-state index in [4.69, 9.17) is 17.4 Å². The van der Waals surface area contributed by atoms with Crippen molar-refractivity contribution in [3.8, 4) is 0 Å². The molecular weight excluding hydrogens is 302 g/mol. The first kappa shape index (κ1) is 12.6. The van der Waals surface area contributed by atoms with Crippen LogP contribution in [0.4, 0.5) is 5.69 Å². The maximum absolute atomic E-state index is 6.19. The van der Waals surface area contributed by atoms with Crippen LogP contribution in [0.3, 0.4) is 0 Å². The molecular formula is C12H13BrClN3. The molecule has 0 aliphatic heterocycles. The first-order chi connectivity index (χ1) is 8.10. The predicted octanol–water partition coefficient (Wildman–Crippen LogP) is 3.81. The summed E-state index contributed by atoms with van der Waals surface area (Å²) < 4.78 is 0.933. The van der Waals surface area contributed by atoms with E-state index < -0.39 is 0 Å². The number of halogens is 2. The van der Waals surface area contributed by atoms with Crippen LogP contribution in [0, 0.1) is 6.92 Å². The number of aryl methyl sites for hydroxylation is 1. The van der Waals surface area contributed by atoms with Gasteiger partial charge < -0.3 is 5.43 Å². The topological polar surface area (TPSA) is 50.9 Å². The second-order valence-corrected chi connectivity index (χ2v) is 5.07. The first-order valence-electron chi connectivity index (χ1n) is 5.34. The zero-order chi connectivity index (χ0) is 12.6. The van der Waals surface area contributed by atoms with Gasteiger partial charge in [-0.2, -0.15) is 0 Å². The third-order valence-electron chi connectivity index (χ3n) is 2.86. The standard InChI is InChI=1S/C12H13BrClN3/c1-3-9-6(2)11(17-15)10-7(13)4-5-8(14)12(10)16-9/h4-5H,3,15H2,1-2H3,(H,16,17). The molecule has 3 nitrogen and oxygen atoms in total. The van der Waals surface area contributed by atoms with Gasteiger partial charge in [0.05, 0.1) is 16.2 Å². The minimum absolute atomic E-state index is 0.634. The zero-order valence-electron chi connectivity index (χ0n) is 9.64. The van der Waals surface area contributed by atoms with Gasteiger partial charge in [0.25, 0.3) is 0 Å². The van der Waals surface area contributed by atoms with E-state index in [-0.39, 0.29) is 0 Å². The molecule has 0 aliphatic carbocycles. The fourth-order valence-electron chi connectivity index (χ4n) is 1.96. The van der Waals surface area contributed by atoms with E-state index in [0.717, 1.165) is 38.7 Å². The lowest BCUT2D eigenvalue weighted by Gasteiger charge is -2.14. The molecule has 1 aromatic carbocycles. The fraction of sp³-hybridized carbons (Fsp3) is 0.250. The lowest BCUT2D eigenvalue weighted by molar-refractivity contribution is 1.03. The second-order valence-electron chi connectivity index (χ2n) is 3.81. The van der Waals surface area contributed by atoms with Crippen molar-refractivity contribution in [2.75, 3.05) is 5.43 Å². The number of hydrogen-bond acceptors (Lipinski definition) is 3. The maximum Gasteiger partial charge on any atom is 0.0924 e. The summed E-state index contributed by atoms with van der Waals surface area (Å²) in [7, 11) is 0. The Bertz CT molecular complexity index is 584. The Hall–Kier alpha value is -0.840. The average Bonchev–Trinajstić information content (AvgIpc) is 2.33. The maximum atomic E-state index is 6.19. The van der Waals surface area contributed by atoms with E-state index in [2.05, 4.69) is 33.3 Å². The molecule has 1 aromatic heterocycles. The number of nitrogens with one attached hydrogen (secondary N) is 1. The quantitative estimate of drug-likeness (QED) is 0.654. The van der Waals surface area contributed by atoms with Crippen LogP contribution in [0.2, 0.25) is 5.02 Å². The minimum Gasteiger partial charge on any atom is -0.323 e. The Balaban J connectivity index is 2.97. The molecule has 0 fully saturated rings. The summed E-state index contributed by atoms with van der Waals surface area (Å²) in [4.78, 5) is 4.60. The molecule has 3 N–H and O–H groups in total. The predicted molar refractivity (Wildman–Crippen MR) is 76.4 cm³/mol. The van der Waals surface area contributed by atoms with E-state index in [1.165, 1.54) is 0 Å². The number of pyridine rings is 1. The van der Waals surface area contributed by atoms with Crippen molar-refractivity contribution in [1.82, 2.24) is 4.98 Å². The monoisotopic (exact) mass is 313 g/mol. The van der Waals surface area contributed by atoms with Crippen molar-refractivity contribution in [3.05, 3.63) is 32.9 Å². The lowest BCUT2D eigenvalue weighted by Crippen LogP contribution is -2.11. The molecule has 0 atom stereocenters. The van der Waals surface area contributed by atoms with Crippen LogP contribution in [0.1, 0.15) is 18.2 Å². The van der Waals surface area contributed by atoms with Gasteiger partial charge in [-0.3, -0.25) is 10.8 Å². The molecule has 2 aromatic rings. The highest BCUT2D eigenvalue weighted by atomic mass is 79.9. The Kier molecular flexibility index (Phi) is 3.56. The highest BCUT2D eigenvalue weighted by molar-refractivity contribution is 9.10. The molecule has 0 unspecified atom stereocenters. The molecule has 0 saturated heterocycles. The van der Waals surface area contributed by atoms with Crippen molar-refractivity contribution in [1.29, 1.82) is 0 Å². The van der Waals surface area contributed by atoms with Gasteiger partial charge in [-0.25, -0.2) is 0 Å². The lowest BCUT2D eigenvalue weighted by atomic mass is 10.1. The molecule has 0 bridgehead atoms. The van der Waals surface area contributed by atoms with Crippen LogP contribution in [0.5, 0.6) is 0 Å². The summed E-state index contributed by atoms with van der Waals surface area (Å²) in [5, 5.41) is 1.56. The summed E-state index contributed by atoms with van der Waals surface area (Å²) in [6.07, 6.45) is 0.847. The third-order valence-corrected chi connectivity index (χ3v) is 3.83. The SMILES string of the molecule is CCc1nc2c(Cl)ccc(Br)c2c(NN)c1C. The van der Waals surface area contributed by atoms with E-state index >= 15 is 0 Å². The van der Waals surface area contributed by atoms with Crippen molar-refractivity contribution in [3.63, 3.8) is 0 Å². The van der Waals surface area contributed by atoms with Crippen molar-refractivity contribution in [2.24, 2.45) is 5.84 Å². The van der Waals surface area contributed by atoms with Gasteiger partial charge in [-0.1, -0.05) is 34.5 Å². The minimum atomic E-state index is 0.634. The molecule has 0 saturated carbocycles. The van der Waals surface area contributed by atoms with Crippen LogP contribution in [0.25, 0.3) is 10.9 Å². The van der Waals surface area contributed by atoms with Gasteiger partial charge >= 0.3 is 0 Å². The molecule has 5 heteroatoms. The van der Waals surface area contributed by atoms with Crippen molar-refractivity contribution in [2.45, 2.75) is 20.3 Å². The van der Waals surface area contributed by atoms with Crippen LogP contribution in [-0.2, 0) is 6.42 Å². The van der Waals surface area contributed by atoms with Crippen molar-refractivity contribution >= 4 is 44.1 Å². The smallest absolute Gasteiger partial charge is 0.0924 e. The number of anilines is 1. The van der Waals surface area contributed by atoms with Gasteiger partial charge in [0.1, 0.15) is 0 Å². The second kappa shape index (κ2) is 4.80. The molecule has 2 rings (SSSR count). The van der Waals surface area contributed by atoms with Crippen LogP contribution < -0.4 is 11.3 Å². The summed E-state index contributed by atoms with van der Waals surface area (Å²) >= 11 is 9.70. The third kappa shape index (κ3) is 2.01. The Morgan fingerprint density at radius 2 is 2.18 bits per heavy atom. The van der Waals surface area contributed by atoms with E-state index in [9.17, 15) is 0 Å². The van der Waals surface area contributed by atoms with Crippen LogP contribution >= 0.6 is 27.5 Å². The summed E-state index contributed by atoms with van der Waals surface area (Å²) in [6.45, 7) is 4.07. The summed E-state index contributed by atoms with van der Waals surface area (Å²) in [5.41, 5.74) is 6.47. The number of hydrazine groups is 1. The number of rotatable bonds is 2. The highest BCUT2D eigenvalue weighted by Crippen LogP contribution is 2.36. The number of benzene rings is 1. The molecule has 0 aliphatic rings. The number of nitrogens with zero attached hydrogens (tertiary/aromatic N) is 1. The molecule has 0 spiro atoms. The van der Waals surface area contributed by atoms with Gasteiger partial charge in [0.2, 0.25) is 0 Å². The largest absolute Gasteiger partial charge is 0.323 e. The highest BCUT2D eigenvalue weighted by Gasteiger charge is 2.14. The molecule has 0 amide bonds. The van der Waals surface area contributed by atoms with Gasteiger partial charge in [-0.05, 0) is 31.0 Å². The summed E-state index contributed by atoms with van der Waals surface area (Å²) in [5.74, 6) is 5.62. The molecule has 90 valence electrons. The normalized spacial score (nSPS) is 10.9. The van der Waals surface area contributed by atoms with Crippen LogP contribution in [0.15, 0.2) is 16.6 Å². The number of hydrogen-bond donors (Lipinski definition) is 2. The number of fused-ring (bicyclic) bond motifs is 1. The Morgan fingerprint density at radius 1 is 1.47 bits per heavy atom. The van der Waals surface area contributed by atoms with E-state index in [1.807, 2.05) is 19.1 Å². The molecule has 17 heavy (non-hydrogen) atoms. The van der Waals surface area contributed by atoms with Gasteiger partial charge in [0.15, 0.2) is 0 Å². The van der Waals surface area contributed by atoms with Gasteiger partial charge in [-0.15, -0.1) is 0 Å². The number of nitrogens with two attached hydrogens (primary N) is 1. The average molecular weight is 315 g/mol. The van der Waals surface area contributed by atoms with E-state index in [1.54, 1.807) is 0 Å². The number of nitrogen functional groups attached to an aromatic ring is 1. The van der Waals surface area contributed by atoms with E-state index in [0.29, 0.717) is 5.02 Å². The molecule has 0 radical (unpaired) electrons. The first-order valence-corrected chi connectivity index (χ1v) is 6.51. The molecule has 1 heterocycles. The fourth-order valence-corrected chi connectivity index (χ4v) is 2.68. The van der Waals surface area contributed by atoms with Crippen LogP contribution in [-0.4, -0.2) is 4.98 Å². The van der Waals surface area contributed by atoms with Crippen molar-refractivity contribution < 1.29 is 0 Å². The summed E-state index contributed by atoms with van der Waals surface area (Å²) in [6, 6.07) is 3.73.